The van der Waals surface area contributed by atoms with Gasteiger partial charge in [0.25, 0.3) is 5.91 Å². The van der Waals surface area contributed by atoms with Crippen molar-refractivity contribution in [3.8, 4) is 0 Å². The molecule has 0 radical (unpaired) electrons. The monoisotopic (exact) mass is 433 g/mol. The maximum Gasteiger partial charge on any atom is 0.255 e. The quantitative estimate of drug-likeness (QED) is 0.530. The fraction of sp³-hybridized carbons (Fsp3) is 0.250. The van der Waals surface area contributed by atoms with Crippen molar-refractivity contribution in [1.29, 1.82) is 0 Å². The molecule has 1 aliphatic rings. The Morgan fingerprint density at radius 2 is 1.72 bits per heavy atom. The standard InChI is InChI=1S/C24H24FN5O2/c1-15-11-19(25)5-8-21(15)29-20-6-3-17(4-7-20)12-28-23(32)24(9-10-24)30-22(31)18-13-26-16(2)27-14-18/h3-8,11,13-14,29H,9-10,12H2,1-2H3,(H,28,32)(H,30,31). The van der Waals surface area contributed by atoms with Crippen molar-refractivity contribution < 1.29 is 14.0 Å². The number of amides is 2. The number of aromatic nitrogens is 2. The zero-order chi connectivity index (χ0) is 22.7. The summed E-state index contributed by atoms with van der Waals surface area (Å²) in [7, 11) is 0. The second-order valence-corrected chi connectivity index (χ2v) is 8.02. The molecular weight excluding hydrogens is 409 g/mol. The second kappa shape index (κ2) is 8.74. The van der Waals surface area contributed by atoms with E-state index in [0.29, 0.717) is 30.8 Å². The molecule has 0 unspecified atom stereocenters. The fourth-order valence-electron chi connectivity index (χ4n) is 3.31. The van der Waals surface area contributed by atoms with E-state index in [1.807, 2.05) is 31.2 Å². The average Bonchev–Trinajstić information content (AvgIpc) is 3.56. The van der Waals surface area contributed by atoms with Crippen LogP contribution in [-0.2, 0) is 11.3 Å². The summed E-state index contributed by atoms with van der Waals surface area (Å²) in [6.07, 6.45) is 4.09. The van der Waals surface area contributed by atoms with Crippen LogP contribution < -0.4 is 16.0 Å². The molecule has 0 atom stereocenters. The van der Waals surface area contributed by atoms with Gasteiger partial charge in [-0.05, 0) is 68.1 Å². The van der Waals surface area contributed by atoms with Gasteiger partial charge >= 0.3 is 0 Å². The summed E-state index contributed by atoms with van der Waals surface area (Å²) in [6, 6.07) is 12.2. The lowest BCUT2D eigenvalue weighted by atomic mass is 10.1. The van der Waals surface area contributed by atoms with Crippen LogP contribution in [0.2, 0.25) is 0 Å². The van der Waals surface area contributed by atoms with Crippen molar-refractivity contribution in [3.05, 3.63) is 83.2 Å². The molecule has 3 aromatic rings. The third kappa shape index (κ3) is 4.91. The summed E-state index contributed by atoms with van der Waals surface area (Å²) in [5, 5.41) is 8.98. The van der Waals surface area contributed by atoms with Crippen LogP contribution in [0.4, 0.5) is 15.8 Å². The minimum atomic E-state index is -0.871. The fourth-order valence-corrected chi connectivity index (χ4v) is 3.31. The van der Waals surface area contributed by atoms with Gasteiger partial charge in [0.1, 0.15) is 17.2 Å². The molecule has 32 heavy (non-hydrogen) atoms. The van der Waals surface area contributed by atoms with Crippen LogP contribution in [0.5, 0.6) is 0 Å². The van der Waals surface area contributed by atoms with E-state index >= 15 is 0 Å². The molecule has 0 aliphatic heterocycles. The van der Waals surface area contributed by atoms with Crippen LogP contribution in [0.15, 0.2) is 54.9 Å². The Morgan fingerprint density at radius 3 is 2.34 bits per heavy atom. The van der Waals surface area contributed by atoms with Crippen molar-refractivity contribution in [2.24, 2.45) is 0 Å². The van der Waals surface area contributed by atoms with Crippen molar-refractivity contribution in [3.63, 3.8) is 0 Å². The van der Waals surface area contributed by atoms with Gasteiger partial charge in [-0.25, -0.2) is 14.4 Å². The van der Waals surface area contributed by atoms with Crippen LogP contribution in [-0.4, -0.2) is 27.3 Å². The summed E-state index contributed by atoms with van der Waals surface area (Å²) < 4.78 is 13.3. The largest absolute Gasteiger partial charge is 0.355 e. The van der Waals surface area contributed by atoms with Crippen molar-refractivity contribution in [1.82, 2.24) is 20.6 Å². The lowest BCUT2D eigenvalue weighted by Gasteiger charge is -2.17. The van der Waals surface area contributed by atoms with E-state index < -0.39 is 5.54 Å². The minimum absolute atomic E-state index is 0.206. The lowest BCUT2D eigenvalue weighted by Crippen LogP contribution is -2.48. The zero-order valence-electron chi connectivity index (χ0n) is 17.9. The first kappa shape index (κ1) is 21.4. The first-order chi connectivity index (χ1) is 15.3. The van der Waals surface area contributed by atoms with E-state index in [-0.39, 0.29) is 17.6 Å². The smallest absolute Gasteiger partial charge is 0.255 e. The Kier molecular flexibility index (Phi) is 5.85. The maximum atomic E-state index is 13.3. The summed E-state index contributed by atoms with van der Waals surface area (Å²) in [4.78, 5) is 33.2. The highest BCUT2D eigenvalue weighted by Gasteiger charge is 2.51. The van der Waals surface area contributed by atoms with Gasteiger partial charge in [-0.3, -0.25) is 9.59 Å². The number of aryl methyl sites for hydroxylation is 2. The molecule has 1 saturated carbocycles. The first-order valence-electron chi connectivity index (χ1n) is 10.4. The van der Waals surface area contributed by atoms with E-state index in [2.05, 4.69) is 25.9 Å². The Bertz CT molecular complexity index is 1140. The second-order valence-electron chi connectivity index (χ2n) is 8.02. The molecule has 4 rings (SSSR count). The number of anilines is 2. The maximum absolute atomic E-state index is 13.3. The predicted octanol–water partition coefficient (Wildman–Crippen LogP) is 3.55. The molecule has 2 aromatic carbocycles. The summed E-state index contributed by atoms with van der Waals surface area (Å²) in [6.45, 7) is 3.93. The van der Waals surface area contributed by atoms with E-state index in [0.717, 1.165) is 22.5 Å². The molecule has 3 N–H and O–H groups in total. The Morgan fingerprint density at radius 1 is 1.03 bits per heavy atom. The molecule has 8 heteroatoms. The Hall–Kier alpha value is -3.81. The number of hydrogen-bond donors (Lipinski definition) is 3. The molecule has 1 fully saturated rings. The van der Waals surface area contributed by atoms with Crippen LogP contribution in [0.1, 0.15) is 40.2 Å². The predicted molar refractivity (Wildman–Crippen MR) is 119 cm³/mol. The number of benzene rings is 2. The first-order valence-corrected chi connectivity index (χ1v) is 10.4. The Labute approximate surface area is 185 Å². The summed E-state index contributed by atoms with van der Waals surface area (Å²) >= 11 is 0. The highest BCUT2D eigenvalue weighted by atomic mass is 19.1. The topological polar surface area (TPSA) is 96.0 Å². The van der Waals surface area contributed by atoms with Crippen LogP contribution in [0.25, 0.3) is 0 Å². The number of carbonyl (C=O) groups is 2. The van der Waals surface area contributed by atoms with E-state index in [1.54, 1.807) is 13.0 Å². The Balaban J connectivity index is 1.31. The molecule has 0 saturated heterocycles. The van der Waals surface area contributed by atoms with Gasteiger partial charge in [0, 0.05) is 30.3 Å². The highest BCUT2D eigenvalue weighted by molar-refractivity contribution is 6.00. The van der Waals surface area contributed by atoms with Gasteiger partial charge in [-0.2, -0.15) is 0 Å². The lowest BCUT2D eigenvalue weighted by molar-refractivity contribution is -0.124. The summed E-state index contributed by atoms with van der Waals surface area (Å²) in [5.74, 6) is -0.252. The molecule has 1 heterocycles. The number of rotatable bonds is 7. The molecule has 0 spiro atoms. The normalized spacial score (nSPS) is 13.8. The van der Waals surface area contributed by atoms with Crippen molar-refractivity contribution in [2.45, 2.75) is 38.8 Å². The average molecular weight is 433 g/mol. The van der Waals surface area contributed by atoms with Gasteiger partial charge in [-0.1, -0.05) is 12.1 Å². The van der Waals surface area contributed by atoms with Crippen LogP contribution >= 0.6 is 0 Å². The van der Waals surface area contributed by atoms with E-state index in [1.165, 1.54) is 24.5 Å². The van der Waals surface area contributed by atoms with Gasteiger partial charge in [-0.15, -0.1) is 0 Å². The van der Waals surface area contributed by atoms with Crippen molar-refractivity contribution >= 4 is 23.2 Å². The number of nitrogens with one attached hydrogen (secondary N) is 3. The number of halogens is 1. The zero-order valence-corrected chi connectivity index (χ0v) is 17.9. The number of hydrogen-bond acceptors (Lipinski definition) is 5. The third-order valence-corrected chi connectivity index (χ3v) is 5.46. The minimum Gasteiger partial charge on any atom is -0.355 e. The van der Waals surface area contributed by atoms with Gasteiger partial charge in [0.05, 0.1) is 5.56 Å². The molecule has 164 valence electrons. The number of nitrogens with zero attached hydrogens (tertiary/aromatic N) is 2. The summed E-state index contributed by atoms with van der Waals surface area (Å²) in [5.41, 5.74) is 2.89. The van der Waals surface area contributed by atoms with Crippen LogP contribution in [0, 0.1) is 19.7 Å². The number of carbonyl (C=O) groups excluding carboxylic acids is 2. The van der Waals surface area contributed by atoms with E-state index in [9.17, 15) is 14.0 Å². The molecule has 1 aromatic heterocycles. The van der Waals surface area contributed by atoms with Gasteiger partial charge < -0.3 is 16.0 Å². The molecule has 1 aliphatic carbocycles. The molecule has 7 nitrogen and oxygen atoms in total. The SMILES string of the molecule is Cc1ncc(C(=O)NC2(C(=O)NCc3ccc(Nc4ccc(F)cc4C)cc3)CC2)cn1. The van der Waals surface area contributed by atoms with Crippen LogP contribution in [0.3, 0.4) is 0 Å². The highest BCUT2D eigenvalue weighted by Crippen LogP contribution is 2.36. The molecule has 2 amide bonds. The van der Waals surface area contributed by atoms with Gasteiger partial charge in [0.2, 0.25) is 5.91 Å². The van der Waals surface area contributed by atoms with E-state index in [4.69, 9.17) is 0 Å². The van der Waals surface area contributed by atoms with Crippen molar-refractivity contribution in [2.75, 3.05) is 5.32 Å². The molecular formula is C24H24FN5O2. The third-order valence-electron chi connectivity index (χ3n) is 5.46. The van der Waals surface area contributed by atoms with Gasteiger partial charge in [0.15, 0.2) is 0 Å². The molecule has 0 bridgehead atoms.